The van der Waals surface area contributed by atoms with Gasteiger partial charge in [-0.2, -0.15) is 0 Å². The molecule has 3 N–H and O–H groups in total. The summed E-state index contributed by atoms with van der Waals surface area (Å²) < 4.78 is 27.2. The van der Waals surface area contributed by atoms with E-state index in [1.807, 2.05) is 0 Å². The molecule has 0 amide bonds. The minimum Gasteiger partial charge on any atom is -0.398 e. The van der Waals surface area contributed by atoms with Crippen molar-refractivity contribution in [1.29, 1.82) is 0 Å². The summed E-state index contributed by atoms with van der Waals surface area (Å²) >= 11 is 3.21. The van der Waals surface area contributed by atoms with Crippen molar-refractivity contribution in [1.82, 2.24) is 4.98 Å². The highest BCUT2D eigenvalue weighted by Gasteiger charge is 2.18. The van der Waals surface area contributed by atoms with Gasteiger partial charge in [0.15, 0.2) is 0 Å². The Labute approximate surface area is 113 Å². The molecule has 94 valence electrons. The number of nitrogens with two attached hydrogens (primary N) is 1. The van der Waals surface area contributed by atoms with Crippen molar-refractivity contribution in [3.63, 3.8) is 0 Å². The van der Waals surface area contributed by atoms with Crippen LogP contribution in [0.3, 0.4) is 0 Å². The number of hydrogen-bond donors (Lipinski definition) is 2. The van der Waals surface area contributed by atoms with Crippen LogP contribution in [-0.4, -0.2) is 13.4 Å². The van der Waals surface area contributed by atoms with E-state index in [4.69, 9.17) is 5.73 Å². The molecule has 1 heterocycles. The van der Waals surface area contributed by atoms with E-state index in [0.29, 0.717) is 4.47 Å². The minimum atomic E-state index is -3.73. The molecule has 0 fully saturated rings. The molecule has 0 atom stereocenters. The lowest BCUT2D eigenvalue weighted by Crippen LogP contribution is -2.15. The third-order valence-corrected chi connectivity index (χ3v) is 4.07. The minimum absolute atomic E-state index is 0.0162. The zero-order valence-electron chi connectivity index (χ0n) is 9.17. The number of benzene rings is 1. The van der Waals surface area contributed by atoms with Crippen LogP contribution in [-0.2, 0) is 10.0 Å². The van der Waals surface area contributed by atoms with Crippen molar-refractivity contribution in [2.45, 2.75) is 4.90 Å². The van der Waals surface area contributed by atoms with E-state index >= 15 is 0 Å². The monoisotopic (exact) mass is 327 g/mol. The molecular formula is C11H10BrN3O2S. The molecule has 1 aromatic heterocycles. The standard InChI is InChI=1S/C11H10BrN3O2S/c12-8-4-5-9(13)10(7-8)18(16,17)15-11-3-1-2-6-14-11/h1-7H,13H2,(H,14,15). The molecule has 5 nitrogen and oxygen atoms in total. The van der Waals surface area contributed by atoms with Crippen LogP contribution in [0.15, 0.2) is 52.0 Å². The first kappa shape index (κ1) is 12.8. The molecule has 0 unspecified atom stereocenters. The summed E-state index contributed by atoms with van der Waals surface area (Å²) in [5, 5.41) is 0. The SMILES string of the molecule is Nc1ccc(Br)cc1S(=O)(=O)Nc1ccccn1. The zero-order valence-corrected chi connectivity index (χ0v) is 11.6. The van der Waals surface area contributed by atoms with Crippen LogP contribution in [0.1, 0.15) is 0 Å². The average molecular weight is 328 g/mol. The van der Waals surface area contributed by atoms with Gasteiger partial charge in [-0.1, -0.05) is 22.0 Å². The Morgan fingerprint density at radius 1 is 1.22 bits per heavy atom. The summed E-state index contributed by atoms with van der Waals surface area (Å²) in [6.45, 7) is 0. The van der Waals surface area contributed by atoms with Gasteiger partial charge in [-0.05, 0) is 30.3 Å². The maximum absolute atomic E-state index is 12.1. The number of nitrogens with zero attached hydrogens (tertiary/aromatic N) is 1. The van der Waals surface area contributed by atoms with Gasteiger partial charge in [0.2, 0.25) is 0 Å². The van der Waals surface area contributed by atoms with E-state index in [9.17, 15) is 8.42 Å². The van der Waals surface area contributed by atoms with Crippen LogP contribution in [0.5, 0.6) is 0 Å². The predicted molar refractivity (Wildman–Crippen MR) is 73.6 cm³/mol. The van der Waals surface area contributed by atoms with E-state index in [-0.39, 0.29) is 16.4 Å². The van der Waals surface area contributed by atoms with Crippen LogP contribution in [0.2, 0.25) is 0 Å². The summed E-state index contributed by atoms with van der Waals surface area (Å²) in [6.07, 6.45) is 1.50. The second-order valence-corrected chi connectivity index (χ2v) is 6.07. The molecule has 0 bridgehead atoms. The molecule has 1 aromatic carbocycles. The van der Waals surface area contributed by atoms with Gasteiger partial charge in [0.05, 0.1) is 5.69 Å². The summed E-state index contributed by atoms with van der Waals surface area (Å²) in [6, 6.07) is 9.60. The smallest absolute Gasteiger partial charge is 0.265 e. The van der Waals surface area contributed by atoms with Crippen LogP contribution >= 0.6 is 15.9 Å². The van der Waals surface area contributed by atoms with Gasteiger partial charge < -0.3 is 5.73 Å². The molecule has 7 heteroatoms. The number of halogens is 1. The van der Waals surface area contributed by atoms with E-state index in [1.165, 1.54) is 18.3 Å². The highest BCUT2D eigenvalue weighted by molar-refractivity contribution is 9.10. The third-order valence-electron chi connectivity index (χ3n) is 2.17. The molecule has 0 saturated carbocycles. The molecule has 0 radical (unpaired) electrons. The highest BCUT2D eigenvalue weighted by Crippen LogP contribution is 2.24. The van der Waals surface area contributed by atoms with Crippen LogP contribution in [0.4, 0.5) is 11.5 Å². The second-order valence-electron chi connectivity index (χ2n) is 3.50. The van der Waals surface area contributed by atoms with Crippen molar-refractivity contribution in [3.05, 3.63) is 47.1 Å². The van der Waals surface area contributed by atoms with Gasteiger partial charge in [-0.3, -0.25) is 4.72 Å². The first-order valence-corrected chi connectivity index (χ1v) is 7.25. The Morgan fingerprint density at radius 3 is 2.67 bits per heavy atom. The van der Waals surface area contributed by atoms with Gasteiger partial charge in [-0.25, -0.2) is 13.4 Å². The zero-order chi connectivity index (χ0) is 13.2. The molecule has 0 aliphatic rings. The second kappa shape index (κ2) is 4.95. The number of aromatic nitrogens is 1. The van der Waals surface area contributed by atoms with E-state index in [1.54, 1.807) is 24.3 Å². The highest BCUT2D eigenvalue weighted by atomic mass is 79.9. The van der Waals surface area contributed by atoms with Crippen molar-refractivity contribution in [2.75, 3.05) is 10.5 Å². The van der Waals surface area contributed by atoms with Crippen molar-refractivity contribution >= 4 is 37.5 Å². The summed E-state index contributed by atoms with van der Waals surface area (Å²) in [4.78, 5) is 3.91. The Morgan fingerprint density at radius 2 is 2.00 bits per heavy atom. The maximum atomic E-state index is 12.1. The molecule has 2 aromatic rings. The quantitative estimate of drug-likeness (QED) is 0.846. The Kier molecular flexibility index (Phi) is 3.53. The molecule has 18 heavy (non-hydrogen) atoms. The van der Waals surface area contributed by atoms with Crippen molar-refractivity contribution in [2.24, 2.45) is 0 Å². The Hall–Kier alpha value is -1.60. The lowest BCUT2D eigenvalue weighted by molar-refractivity contribution is 0.601. The van der Waals surface area contributed by atoms with Gasteiger partial charge in [0.25, 0.3) is 10.0 Å². The van der Waals surface area contributed by atoms with E-state index < -0.39 is 10.0 Å². The lowest BCUT2D eigenvalue weighted by atomic mass is 10.3. The average Bonchev–Trinajstić information content (AvgIpc) is 2.33. The Balaban J connectivity index is 2.40. The normalized spacial score (nSPS) is 11.2. The number of sulfonamides is 1. The van der Waals surface area contributed by atoms with Gasteiger partial charge in [-0.15, -0.1) is 0 Å². The fourth-order valence-corrected chi connectivity index (χ4v) is 3.04. The first-order valence-electron chi connectivity index (χ1n) is 4.98. The van der Waals surface area contributed by atoms with E-state index in [0.717, 1.165) is 0 Å². The molecule has 0 aliphatic carbocycles. The predicted octanol–water partition coefficient (Wildman–Crippen LogP) is 2.23. The number of anilines is 2. The Bertz CT molecular complexity index is 659. The first-order chi connectivity index (χ1) is 8.49. The molecular weight excluding hydrogens is 318 g/mol. The van der Waals surface area contributed by atoms with Gasteiger partial charge >= 0.3 is 0 Å². The van der Waals surface area contributed by atoms with Crippen molar-refractivity contribution < 1.29 is 8.42 Å². The third kappa shape index (κ3) is 2.80. The van der Waals surface area contributed by atoms with Crippen LogP contribution in [0.25, 0.3) is 0 Å². The van der Waals surface area contributed by atoms with Gasteiger partial charge in [0.1, 0.15) is 10.7 Å². The van der Waals surface area contributed by atoms with Crippen LogP contribution < -0.4 is 10.5 Å². The molecule has 0 aliphatic heterocycles. The largest absolute Gasteiger partial charge is 0.398 e. The topological polar surface area (TPSA) is 85.1 Å². The maximum Gasteiger partial charge on any atom is 0.265 e. The molecule has 2 rings (SSSR count). The fourth-order valence-electron chi connectivity index (χ4n) is 1.36. The lowest BCUT2D eigenvalue weighted by Gasteiger charge is -2.09. The summed E-state index contributed by atoms with van der Waals surface area (Å²) in [5.41, 5.74) is 5.85. The fraction of sp³-hybridized carbons (Fsp3) is 0. The molecule has 0 spiro atoms. The number of pyridine rings is 1. The van der Waals surface area contributed by atoms with Crippen molar-refractivity contribution in [3.8, 4) is 0 Å². The number of hydrogen-bond acceptors (Lipinski definition) is 4. The number of rotatable bonds is 3. The van der Waals surface area contributed by atoms with E-state index in [2.05, 4.69) is 25.6 Å². The van der Waals surface area contributed by atoms with Gasteiger partial charge in [0, 0.05) is 10.7 Å². The molecule has 0 saturated heterocycles. The van der Waals surface area contributed by atoms with Crippen LogP contribution in [0, 0.1) is 0 Å². The summed E-state index contributed by atoms with van der Waals surface area (Å²) in [7, 11) is -3.73. The summed E-state index contributed by atoms with van der Waals surface area (Å²) in [5.74, 6) is 0.247. The number of nitrogens with one attached hydrogen (secondary N) is 1. The number of nitrogen functional groups attached to an aromatic ring is 1.